The molecule has 0 aliphatic carbocycles. The number of aromatic nitrogens is 3. The summed E-state index contributed by atoms with van der Waals surface area (Å²) in [6.07, 6.45) is 5.42. The number of aryl methyl sites for hydroxylation is 1. The largest absolute Gasteiger partial charge is 0.495 e. The number of hydrogen-bond acceptors (Lipinski definition) is 6. The first-order valence-electron chi connectivity index (χ1n) is 12.2. The van der Waals surface area contributed by atoms with Gasteiger partial charge in [-0.2, -0.15) is 0 Å². The molecule has 1 saturated heterocycles. The van der Waals surface area contributed by atoms with Gasteiger partial charge >= 0.3 is 6.03 Å². The number of fused-ring (bicyclic) bond motifs is 1. The number of methoxy groups -OCH3 is 1. The minimum absolute atomic E-state index is 0.0692. The SMILES string of the molecule is CCn1cnc(-c2cc3nccc(Oc4ccc(N5CCN(c6ccccc6OC)C5=O)cc4F)c3s2)c1. The van der Waals surface area contributed by atoms with E-state index in [2.05, 4.69) is 16.9 Å². The lowest BCUT2D eigenvalue weighted by molar-refractivity contribution is 0.255. The summed E-state index contributed by atoms with van der Waals surface area (Å²) >= 11 is 1.50. The van der Waals surface area contributed by atoms with E-state index in [-0.39, 0.29) is 11.8 Å². The Morgan fingerprint density at radius 2 is 1.84 bits per heavy atom. The van der Waals surface area contributed by atoms with E-state index in [1.54, 1.807) is 53.7 Å². The lowest BCUT2D eigenvalue weighted by Crippen LogP contribution is -2.32. The van der Waals surface area contributed by atoms with Crippen LogP contribution >= 0.6 is 11.3 Å². The van der Waals surface area contributed by atoms with E-state index >= 15 is 4.39 Å². The summed E-state index contributed by atoms with van der Waals surface area (Å²) in [5, 5.41) is 0. The number of carbonyl (C=O) groups is 1. The number of benzene rings is 2. The number of rotatable bonds is 7. The molecule has 6 rings (SSSR count). The maximum atomic E-state index is 15.2. The minimum Gasteiger partial charge on any atom is -0.495 e. The Kier molecular flexibility index (Phi) is 6.16. The summed E-state index contributed by atoms with van der Waals surface area (Å²) in [5.41, 5.74) is 2.75. The maximum Gasteiger partial charge on any atom is 0.329 e. The average Bonchev–Trinajstić information content (AvgIpc) is 3.68. The van der Waals surface area contributed by atoms with Crippen LogP contribution in [0.25, 0.3) is 20.8 Å². The number of nitrogens with zero attached hydrogens (tertiary/aromatic N) is 5. The second kappa shape index (κ2) is 9.79. The van der Waals surface area contributed by atoms with Crippen molar-refractivity contribution in [1.29, 1.82) is 0 Å². The van der Waals surface area contributed by atoms with Crippen LogP contribution in [-0.2, 0) is 6.54 Å². The molecule has 38 heavy (non-hydrogen) atoms. The number of hydrogen-bond donors (Lipinski definition) is 0. The number of imidazole rings is 1. The number of thiophene rings is 1. The number of para-hydroxylation sites is 2. The topological polar surface area (TPSA) is 72.7 Å². The van der Waals surface area contributed by atoms with Gasteiger partial charge in [0, 0.05) is 49.8 Å². The van der Waals surface area contributed by atoms with Gasteiger partial charge in [0.1, 0.15) is 11.5 Å². The number of anilines is 2. The number of ether oxygens (including phenoxy) is 2. The van der Waals surface area contributed by atoms with Crippen molar-refractivity contribution in [2.75, 3.05) is 30.0 Å². The lowest BCUT2D eigenvalue weighted by atomic mass is 10.2. The van der Waals surface area contributed by atoms with Gasteiger partial charge in [-0.25, -0.2) is 14.2 Å². The summed E-state index contributed by atoms with van der Waals surface area (Å²) in [6.45, 7) is 3.78. The summed E-state index contributed by atoms with van der Waals surface area (Å²) < 4.78 is 29.5. The molecule has 1 aliphatic heterocycles. The molecule has 4 heterocycles. The molecule has 0 unspecified atom stereocenters. The van der Waals surface area contributed by atoms with Crippen LogP contribution in [0.3, 0.4) is 0 Å². The fraction of sp³-hybridized carbons (Fsp3) is 0.179. The number of pyridine rings is 1. The van der Waals surface area contributed by atoms with E-state index in [1.165, 1.54) is 17.4 Å². The predicted octanol–water partition coefficient (Wildman–Crippen LogP) is 6.57. The van der Waals surface area contributed by atoms with Crippen LogP contribution in [0.15, 0.2) is 73.3 Å². The van der Waals surface area contributed by atoms with Crippen LogP contribution in [0.1, 0.15) is 6.92 Å². The molecule has 3 aromatic heterocycles. The van der Waals surface area contributed by atoms with Gasteiger partial charge in [-0.15, -0.1) is 11.3 Å². The minimum atomic E-state index is -0.561. The number of urea groups is 1. The number of amides is 2. The number of carbonyl (C=O) groups excluding carboxylic acids is 1. The summed E-state index contributed by atoms with van der Waals surface area (Å²) in [5.74, 6) is 0.623. The smallest absolute Gasteiger partial charge is 0.329 e. The fourth-order valence-corrected chi connectivity index (χ4v) is 5.52. The van der Waals surface area contributed by atoms with Crippen molar-refractivity contribution in [2.45, 2.75) is 13.5 Å². The highest BCUT2D eigenvalue weighted by Crippen LogP contribution is 2.40. The molecule has 0 N–H and O–H groups in total. The fourth-order valence-electron chi connectivity index (χ4n) is 4.49. The molecule has 10 heteroatoms. The van der Waals surface area contributed by atoms with Crippen molar-refractivity contribution < 1.29 is 18.7 Å². The van der Waals surface area contributed by atoms with Crippen molar-refractivity contribution in [1.82, 2.24) is 14.5 Å². The van der Waals surface area contributed by atoms with Crippen LogP contribution in [0.4, 0.5) is 20.6 Å². The van der Waals surface area contributed by atoms with E-state index < -0.39 is 5.82 Å². The van der Waals surface area contributed by atoms with Gasteiger partial charge in [0.15, 0.2) is 11.6 Å². The van der Waals surface area contributed by atoms with Crippen molar-refractivity contribution >= 4 is 39.0 Å². The number of halogens is 1. The highest BCUT2D eigenvalue weighted by molar-refractivity contribution is 7.22. The zero-order chi connectivity index (χ0) is 26.2. The second-order valence-corrected chi connectivity index (χ2v) is 9.75. The highest BCUT2D eigenvalue weighted by Gasteiger charge is 2.32. The van der Waals surface area contributed by atoms with Gasteiger partial charge < -0.3 is 14.0 Å². The maximum absolute atomic E-state index is 15.2. The Morgan fingerprint density at radius 3 is 2.63 bits per heavy atom. The van der Waals surface area contributed by atoms with E-state index in [4.69, 9.17) is 9.47 Å². The van der Waals surface area contributed by atoms with Crippen molar-refractivity contribution in [3.8, 4) is 27.8 Å². The molecule has 5 aromatic rings. The molecular formula is C28H24FN5O3S. The molecule has 2 aromatic carbocycles. The zero-order valence-electron chi connectivity index (χ0n) is 20.8. The van der Waals surface area contributed by atoms with Gasteiger partial charge in [0.25, 0.3) is 0 Å². The van der Waals surface area contributed by atoms with Crippen molar-refractivity contribution in [2.24, 2.45) is 0 Å². The first-order valence-corrected chi connectivity index (χ1v) is 13.0. The van der Waals surface area contributed by atoms with Crippen molar-refractivity contribution in [3.05, 3.63) is 79.1 Å². The Morgan fingerprint density at radius 1 is 1.00 bits per heavy atom. The second-order valence-electron chi connectivity index (χ2n) is 8.70. The molecule has 0 spiro atoms. The first-order chi connectivity index (χ1) is 18.6. The lowest BCUT2D eigenvalue weighted by Gasteiger charge is -2.21. The van der Waals surface area contributed by atoms with Crippen molar-refractivity contribution in [3.63, 3.8) is 0 Å². The highest BCUT2D eigenvalue weighted by atomic mass is 32.1. The third-order valence-electron chi connectivity index (χ3n) is 6.46. The molecule has 0 bridgehead atoms. The standard InChI is InChI=1S/C28H24FN5O3S/c1-3-32-16-21(31-17-32)26-15-20-27(38-26)25(10-11-30-20)37-23-9-8-18(14-19(23)29)33-12-13-34(28(33)35)22-6-4-5-7-24(22)36-2/h4-11,14-17H,3,12-13H2,1-2H3. The Balaban J connectivity index is 1.24. The summed E-state index contributed by atoms with van der Waals surface area (Å²) in [4.78, 5) is 26.2. The quantitative estimate of drug-likeness (QED) is 0.239. The summed E-state index contributed by atoms with van der Waals surface area (Å²) in [6, 6.07) is 15.3. The molecule has 0 saturated carbocycles. The molecule has 2 amide bonds. The van der Waals surface area contributed by atoms with E-state index in [0.717, 1.165) is 27.3 Å². The van der Waals surface area contributed by atoms with E-state index in [0.29, 0.717) is 36.0 Å². The van der Waals surface area contributed by atoms with Gasteiger partial charge in [0.2, 0.25) is 0 Å². The van der Waals surface area contributed by atoms with Gasteiger partial charge in [-0.05, 0) is 37.3 Å². The molecule has 1 fully saturated rings. The first kappa shape index (κ1) is 23.9. The molecule has 192 valence electrons. The average molecular weight is 530 g/mol. The monoisotopic (exact) mass is 529 g/mol. The van der Waals surface area contributed by atoms with Crippen LogP contribution in [0.2, 0.25) is 0 Å². The normalized spacial score (nSPS) is 13.5. The van der Waals surface area contributed by atoms with Gasteiger partial charge in [-0.1, -0.05) is 12.1 Å². The molecule has 0 atom stereocenters. The zero-order valence-corrected chi connectivity index (χ0v) is 21.6. The Hall–Kier alpha value is -4.44. The third kappa shape index (κ3) is 4.22. The van der Waals surface area contributed by atoms with Crippen LogP contribution in [0, 0.1) is 5.82 Å². The van der Waals surface area contributed by atoms with E-state index in [1.807, 2.05) is 35.0 Å². The van der Waals surface area contributed by atoms with Crippen LogP contribution < -0.4 is 19.3 Å². The van der Waals surface area contributed by atoms with E-state index in [9.17, 15) is 4.79 Å². The van der Waals surface area contributed by atoms with Crippen LogP contribution in [0.5, 0.6) is 17.2 Å². The third-order valence-corrected chi connectivity index (χ3v) is 7.62. The van der Waals surface area contributed by atoms with Crippen LogP contribution in [-0.4, -0.2) is 40.8 Å². The van der Waals surface area contributed by atoms with Gasteiger partial charge in [0.05, 0.1) is 39.9 Å². The molecule has 1 aliphatic rings. The predicted molar refractivity (Wildman–Crippen MR) is 146 cm³/mol. The molecule has 8 nitrogen and oxygen atoms in total. The Bertz CT molecular complexity index is 1650. The molecule has 0 radical (unpaired) electrons. The van der Waals surface area contributed by atoms with Gasteiger partial charge in [-0.3, -0.25) is 14.8 Å². The summed E-state index contributed by atoms with van der Waals surface area (Å²) in [7, 11) is 1.57. The Labute approximate surface area is 222 Å². The molecular weight excluding hydrogens is 505 g/mol.